The Morgan fingerprint density at radius 2 is 1.79 bits per heavy atom. The number of benzene rings is 3. The Morgan fingerprint density at radius 3 is 2.62 bits per heavy atom. The summed E-state index contributed by atoms with van der Waals surface area (Å²) in [5, 5.41) is 18.8. The number of para-hydroxylation sites is 1. The highest BCUT2D eigenvalue weighted by Crippen LogP contribution is 2.25. The summed E-state index contributed by atoms with van der Waals surface area (Å²) in [7, 11) is 0. The molecular formula is C18H14FN3OS. The first-order valence-corrected chi connectivity index (χ1v) is 7.61. The lowest BCUT2D eigenvalue weighted by Crippen LogP contribution is -2.24. The van der Waals surface area contributed by atoms with Gasteiger partial charge in [-0.2, -0.15) is 5.10 Å². The van der Waals surface area contributed by atoms with Crippen molar-refractivity contribution in [3.63, 3.8) is 0 Å². The van der Waals surface area contributed by atoms with Gasteiger partial charge in [0, 0.05) is 5.56 Å². The molecule has 0 amide bonds. The van der Waals surface area contributed by atoms with E-state index < -0.39 is 5.82 Å². The second-order valence-electron chi connectivity index (χ2n) is 5.02. The monoisotopic (exact) mass is 339 g/mol. The number of hydrazone groups is 1. The standard InChI is InChI=1S/C18H14FN3OS/c19-15-7-3-4-8-16(15)21-18(24)22-20-11-14-13-6-2-1-5-12(13)9-10-17(14)23/h1-11,23H,(H2,21,22,24)/b20-11+. The van der Waals surface area contributed by atoms with Gasteiger partial charge in [-0.3, -0.25) is 5.43 Å². The molecule has 3 aromatic carbocycles. The number of anilines is 1. The third kappa shape index (κ3) is 3.49. The van der Waals surface area contributed by atoms with Crippen LogP contribution in [0.2, 0.25) is 0 Å². The lowest BCUT2D eigenvalue weighted by Gasteiger charge is -2.08. The van der Waals surface area contributed by atoms with Crippen LogP contribution in [0.5, 0.6) is 5.75 Å². The van der Waals surface area contributed by atoms with Crippen LogP contribution in [0.3, 0.4) is 0 Å². The summed E-state index contributed by atoms with van der Waals surface area (Å²) >= 11 is 5.07. The minimum Gasteiger partial charge on any atom is -0.507 e. The fraction of sp³-hybridized carbons (Fsp3) is 0. The van der Waals surface area contributed by atoms with E-state index in [1.807, 2.05) is 30.3 Å². The predicted molar refractivity (Wildman–Crippen MR) is 99.0 cm³/mol. The largest absolute Gasteiger partial charge is 0.507 e. The number of fused-ring (bicyclic) bond motifs is 1. The van der Waals surface area contributed by atoms with E-state index in [1.54, 1.807) is 24.3 Å². The molecule has 0 saturated carbocycles. The first-order valence-electron chi connectivity index (χ1n) is 7.20. The number of phenols is 1. The number of nitrogens with one attached hydrogen (secondary N) is 2. The first-order chi connectivity index (χ1) is 11.6. The number of hydrogen-bond acceptors (Lipinski definition) is 3. The SMILES string of the molecule is Oc1ccc2ccccc2c1/C=N/NC(=S)Nc1ccccc1F. The van der Waals surface area contributed by atoms with Gasteiger partial charge in [0.1, 0.15) is 11.6 Å². The molecule has 0 heterocycles. The minimum atomic E-state index is -0.405. The Labute approximate surface area is 143 Å². The van der Waals surface area contributed by atoms with Gasteiger partial charge >= 0.3 is 0 Å². The van der Waals surface area contributed by atoms with Crippen molar-refractivity contribution in [3.8, 4) is 5.75 Å². The molecule has 0 aliphatic carbocycles. The molecule has 0 fully saturated rings. The van der Waals surface area contributed by atoms with E-state index in [1.165, 1.54) is 12.3 Å². The molecular weight excluding hydrogens is 325 g/mol. The van der Waals surface area contributed by atoms with Gasteiger partial charge in [-0.25, -0.2) is 4.39 Å². The molecule has 24 heavy (non-hydrogen) atoms. The molecule has 3 rings (SSSR count). The maximum absolute atomic E-state index is 13.5. The van der Waals surface area contributed by atoms with Crippen LogP contribution in [0.25, 0.3) is 10.8 Å². The highest BCUT2D eigenvalue weighted by atomic mass is 32.1. The fourth-order valence-corrected chi connectivity index (χ4v) is 2.45. The van der Waals surface area contributed by atoms with Gasteiger partial charge in [0.2, 0.25) is 0 Å². The number of thiocarbonyl (C=S) groups is 1. The molecule has 3 aromatic rings. The van der Waals surface area contributed by atoms with Gasteiger partial charge in [0.25, 0.3) is 0 Å². The smallest absolute Gasteiger partial charge is 0.191 e. The Balaban J connectivity index is 1.74. The van der Waals surface area contributed by atoms with E-state index >= 15 is 0 Å². The van der Waals surface area contributed by atoms with Gasteiger partial charge in [0.15, 0.2) is 5.11 Å². The Kier molecular flexibility index (Phi) is 4.67. The minimum absolute atomic E-state index is 0.118. The third-order valence-corrected chi connectivity index (χ3v) is 3.62. The molecule has 0 aliphatic rings. The van der Waals surface area contributed by atoms with Gasteiger partial charge in [-0.05, 0) is 41.2 Å². The Morgan fingerprint density at radius 1 is 1.04 bits per heavy atom. The van der Waals surface area contributed by atoms with Crippen LogP contribution in [-0.4, -0.2) is 16.4 Å². The third-order valence-electron chi connectivity index (χ3n) is 3.43. The predicted octanol–water partition coefficient (Wildman–Crippen LogP) is 4.01. The first kappa shape index (κ1) is 15.9. The zero-order valence-electron chi connectivity index (χ0n) is 12.5. The van der Waals surface area contributed by atoms with Crippen LogP contribution in [0, 0.1) is 5.82 Å². The number of phenolic OH excluding ortho intramolecular Hbond substituents is 1. The van der Waals surface area contributed by atoms with E-state index in [-0.39, 0.29) is 16.5 Å². The number of halogens is 1. The summed E-state index contributed by atoms with van der Waals surface area (Å²) < 4.78 is 13.5. The van der Waals surface area contributed by atoms with E-state index in [0.717, 1.165) is 10.8 Å². The maximum atomic E-state index is 13.5. The maximum Gasteiger partial charge on any atom is 0.191 e. The van der Waals surface area contributed by atoms with Crippen molar-refractivity contribution in [1.29, 1.82) is 0 Å². The normalized spacial score (nSPS) is 10.9. The van der Waals surface area contributed by atoms with Crippen molar-refractivity contribution in [1.82, 2.24) is 5.43 Å². The van der Waals surface area contributed by atoms with Crippen LogP contribution < -0.4 is 10.7 Å². The molecule has 0 bridgehead atoms. The average Bonchev–Trinajstić information content (AvgIpc) is 2.59. The molecule has 0 aliphatic heterocycles. The number of nitrogens with zero attached hydrogens (tertiary/aromatic N) is 1. The van der Waals surface area contributed by atoms with Gasteiger partial charge in [0.05, 0.1) is 11.9 Å². The van der Waals surface area contributed by atoms with Crippen LogP contribution in [0.15, 0.2) is 65.8 Å². The highest BCUT2D eigenvalue weighted by Gasteiger charge is 2.05. The van der Waals surface area contributed by atoms with Gasteiger partial charge < -0.3 is 10.4 Å². The molecule has 3 N–H and O–H groups in total. The van der Waals surface area contributed by atoms with Gasteiger partial charge in [-0.15, -0.1) is 0 Å². The molecule has 120 valence electrons. The topological polar surface area (TPSA) is 56.7 Å². The summed E-state index contributed by atoms with van der Waals surface area (Å²) in [5.74, 6) is -0.287. The highest BCUT2D eigenvalue weighted by molar-refractivity contribution is 7.80. The van der Waals surface area contributed by atoms with Crippen molar-refractivity contribution in [2.24, 2.45) is 5.10 Å². The van der Waals surface area contributed by atoms with Crippen molar-refractivity contribution < 1.29 is 9.50 Å². The van der Waals surface area contributed by atoms with E-state index in [0.29, 0.717) is 5.56 Å². The van der Waals surface area contributed by atoms with Crippen LogP contribution >= 0.6 is 12.2 Å². The van der Waals surface area contributed by atoms with Crippen molar-refractivity contribution in [2.75, 3.05) is 5.32 Å². The Bertz CT molecular complexity index is 927. The number of hydrogen-bond donors (Lipinski definition) is 3. The molecule has 0 saturated heterocycles. The molecule has 0 spiro atoms. The number of rotatable bonds is 3. The van der Waals surface area contributed by atoms with Crippen molar-refractivity contribution in [3.05, 3.63) is 72.0 Å². The molecule has 0 radical (unpaired) electrons. The molecule has 0 atom stereocenters. The summed E-state index contributed by atoms with van der Waals surface area (Å²) in [6.07, 6.45) is 1.48. The molecule has 0 unspecified atom stereocenters. The second-order valence-corrected chi connectivity index (χ2v) is 5.43. The molecule has 4 nitrogen and oxygen atoms in total. The second kappa shape index (κ2) is 7.06. The van der Waals surface area contributed by atoms with Crippen LogP contribution in [-0.2, 0) is 0 Å². The Hall–Kier alpha value is -2.99. The summed E-state index contributed by atoms with van der Waals surface area (Å²) in [5.41, 5.74) is 3.45. The zero-order chi connectivity index (χ0) is 16.9. The summed E-state index contributed by atoms with van der Waals surface area (Å²) in [4.78, 5) is 0. The summed E-state index contributed by atoms with van der Waals surface area (Å²) in [6.45, 7) is 0. The molecule has 6 heteroatoms. The van der Waals surface area contributed by atoms with Crippen LogP contribution in [0.4, 0.5) is 10.1 Å². The van der Waals surface area contributed by atoms with Crippen molar-refractivity contribution in [2.45, 2.75) is 0 Å². The average molecular weight is 339 g/mol. The van der Waals surface area contributed by atoms with E-state index in [4.69, 9.17) is 12.2 Å². The van der Waals surface area contributed by atoms with E-state index in [9.17, 15) is 9.50 Å². The van der Waals surface area contributed by atoms with E-state index in [2.05, 4.69) is 15.8 Å². The van der Waals surface area contributed by atoms with Gasteiger partial charge in [-0.1, -0.05) is 42.5 Å². The lowest BCUT2D eigenvalue weighted by atomic mass is 10.0. The van der Waals surface area contributed by atoms with Crippen LogP contribution in [0.1, 0.15) is 5.56 Å². The fourth-order valence-electron chi connectivity index (χ4n) is 2.29. The number of aromatic hydroxyl groups is 1. The lowest BCUT2D eigenvalue weighted by molar-refractivity contribution is 0.475. The quantitative estimate of drug-likeness (QED) is 0.383. The van der Waals surface area contributed by atoms with Crippen molar-refractivity contribution >= 4 is 40.0 Å². The molecule has 0 aromatic heterocycles. The zero-order valence-corrected chi connectivity index (χ0v) is 13.3. The summed E-state index contributed by atoms with van der Waals surface area (Å²) in [6, 6.07) is 17.3.